The maximum absolute atomic E-state index is 11.2. The number of carbonyl (C=O) groups excluding carboxylic acids is 2. The first-order chi connectivity index (χ1) is 6.11. The fourth-order valence-electron chi connectivity index (χ4n) is 0.606. The lowest BCUT2D eigenvalue weighted by molar-refractivity contribution is -0.119. The van der Waals surface area contributed by atoms with Gasteiger partial charge in [-0.2, -0.15) is 0 Å². The molecule has 1 heterocycles. The van der Waals surface area contributed by atoms with E-state index in [4.69, 9.17) is 5.73 Å². The van der Waals surface area contributed by atoms with Gasteiger partial charge in [0.25, 0.3) is 5.91 Å². The van der Waals surface area contributed by atoms with E-state index in [1.165, 1.54) is 13.1 Å². The summed E-state index contributed by atoms with van der Waals surface area (Å²) in [5, 5.41) is 5.89. The van der Waals surface area contributed by atoms with Gasteiger partial charge in [-0.15, -0.1) is 5.10 Å². The Bertz CT molecular complexity index is 310. The van der Waals surface area contributed by atoms with Crippen LogP contribution in [0.1, 0.15) is 16.6 Å². The van der Waals surface area contributed by atoms with Crippen LogP contribution in [-0.4, -0.2) is 27.4 Å². The number of nitrogens with two attached hydrogens (primary N) is 1. The molecular weight excluding hydrogens is 192 g/mol. The minimum absolute atomic E-state index is 0.355. The predicted molar refractivity (Wildman–Crippen MR) is 46.0 cm³/mol. The Labute approximate surface area is 78.3 Å². The van der Waals surface area contributed by atoms with E-state index in [1.807, 2.05) is 0 Å². The second kappa shape index (κ2) is 3.94. The van der Waals surface area contributed by atoms with Crippen LogP contribution < -0.4 is 11.1 Å². The van der Waals surface area contributed by atoms with Gasteiger partial charge >= 0.3 is 0 Å². The van der Waals surface area contributed by atoms with Crippen molar-refractivity contribution in [3.05, 3.63) is 11.1 Å². The normalized spacial score (nSPS) is 12.1. The highest BCUT2D eigenvalue weighted by Gasteiger charge is 2.14. The van der Waals surface area contributed by atoms with Crippen LogP contribution in [0.2, 0.25) is 0 Å². The average molecular weight is 200 g/mol. The second-order valence-corrected chi connectivity index (χ2v) is 3.16. The number of aromatic nitrogens is 2. The molecule has 0 bridgehead atoms. The molecule has 70 valence electrons. The molecule has 13 heavy (non-hydrogen) atoms. The zero-order valence-corrected chi connectivity index (χ0v) is 7.67. The van der Waals surface area contributed by atoms with Gasteiger partial charge in [0.1, 0.15) is 10.9 Å². The molecule has 2 amide bonds. The summed E-state index contributed by atoms with van der Waals surface area (Å²) in [7, 11) is 0. The molecule has 0 saturated heterocycles. The summed E-state index contributed by atoms with van der Waals surface area (Å²) in [5.74, 6) is -0.966. The van der Waals surface area contributed by atoms with Crippen LogP contribution in [0.3, 0.4) is 0 Å². The van der Waals surface area contributed by atoms with Crippen molar-refractivity contribution >= 4 is 23.3 Å². The molecule has 0 saturated carbocycles. The Morgan fingerprint density at radius 3 is 2.85 bits per heavy atom. The average Bonchev–Trinajstić information content (AvgIpc) is 2.55. The molecule has 0 spiro atoms. The molecule has 0 aliphatic heterocycles. The first kappa shape index (κ1) is 9.59. The van der Waals surface area contributed by atoms with Gasteiger partial charge in [0.15, 0.2) is 0 Å². The lowest BCUT2D eigenvalue weighted by Gasteiger charge is -2.07. The van der Waals surface area contributed by atoms with Crippen molar-refractivity contribution in [3.63, 3.8) is 0 Å². The predicted octanol–water partition coefficient (Wildman–Crippen LogP) is -0.858. The lowest BCUT2D eigenvalue weighted by Crippen LogP contribution is -2.41. The standard InChI is InChI=1S/C6H8N4O2S/c1-3(5(7)11)9-6(12)4-2-8-10-13-4/h2-3H,1H3,(H2,7,11)(H,9,12)/t3-/m1/s1. The topological polar surface area (TPSA) is 98.0 Å². The van der Waals surface area contributed by atoms with Crippen LogP contribution in [0.5, 0.6) is 0 Å². The zero-order valence-electron chi connectivity index (χ0n) is 6.85. The van der Waals surface area contributed by atoms with E-state index in [1.54, 1.807) is 0 Å². The third kappa shape index (κ3) is 2.48. The van der Waals surface area contributed by atoms with Gasteiger partial charge in [0.05, 0.1) is 6.20 Å². The molecular formula is C6H8N4O2S. The highest BCUT2D eigenvalue weighted by molar-refractivity contribution is 7.07. The fraction of sp³-hybridized carbons (Fsp3) is 0.333. The summed E-state index contributed by atoms with van der Waals surface area (Å²) in [6.45, 7) is 1.51. The number of nitrogens with zero attached hydrogens (tertiary/aromatic N) is 2. The van der Waals surface area contributed by atoms with Gasteiger partial charge in [-0.1, -0.05) is 4.49 Å². The van der Waals surface area contributed by atoms with Crippen molar-refractivity contribution in [1.82, 2.24) is 14.9 Å². The summed E-state index contributed by atoms with van der Waals surface area (Å²) < 4.78 is 3.51. The molecule has 0 aliphatic rings. The van der Waals surface area contributed by atoms with E-state index in [2.05, 4.69) is 14.9 Å². The summed E-state index contributed by atoms with van der Waals surface area (Å²) in [6, 6.07) is -0.686. The number of primary amides is 1. The quantitative estimate of drug-likeness (QED) is 0.663. The summed E-state index contributed by atoms with van der Waals surface area (Å²) >= 11 is 0.959. The van der Waals surface area contributed by atoms with Gasteiger partial charge in [-0.3, -0.25) is 9.59 Å². The number of rotatable bonds is 3. The van der Waals surface area contributed by atoms with Crippen LogP contribution in [-0.2, 0) is 4.79 Å². The smallest absolute Gasteiger partial charge is 0.265 e. The molecule has 0 aromatic carbocycles. The zero-order chi connectivity index (χ0) is 9.84. The Kier molecular flexibility index (Phi) is 2.91. The number of hydrogen-bond donors (Lipinski definition) is 2. The van der Waals surface area contributed by atoms with Crippen LogP contribution in [0.15, 0.2) is 6.20 Å². The van der Waals surface area contributed by atoms with Crippen molar-refractivity contribution in [2.45, 2.75) is 13.0 Å². The van der Waals surface area contributed by atoms with Crippen LogP contribution in [0.25, 0.3) is 0 Å². The summed E-state index contributed by atoms with van der Waals surface area (Å²) in [4.78, 5) is 22.2. The van der Waals surface area contributed by atoms with Crippen molar-refractivity contribution in [1.29, 1.82) is 0 Å². The molecule has 1 rings (SSSR count). The van der Waals surface area contributed by atoms with E-state index in [0.29, 0.717) is 4.88 Å². The van der Waals surface area contributed by atoms with E-state index in [0.717, 1.165) is 11.5 Å². The highest BCUT2D eigenvalue weighted by atomic mass is 32.1. The van der Waals surface area contributed by atoms with Crippen molar-refractivity contribution < 1.29 is 9.59 Å². The number of carbonyl (C=O) groups is 2. The van der Waals surface area contributed by atoms with E-state index >= 15 is 0 Å². The third-order valence-corrected chi connectivity index (χ3v) is 2.02. The molecule has 0 aliphatic carbocycles. The lowest BCUT2D eigenvalue weighted by atomic mass is 10.3. The largest absolute Gasteiger partial charge is 0.368 e. The van der Waals surface area contributed by atoms with E-state index < -0.39 is 11.9 Å². The minimum atomic E-state index is -0.686. The first-order valence-electron chi connectivity index (χ1n) is 3.49. The van der Waals surface area contributed by atoms with Gasteiger partial charge in [-0.25, -0.2) is 0 Å². The van der Waals surface area contributed by atoms with E-state index in [-0.39, 0.29) is 5.91 Å². The number of amides is 2. The van der Waals surface area contributed by atoms with Crippen molar-refractivity contribution in [3.8, 4) is 0 Å². The van der Waals surface area contributed by atoms with Crippen LogP contribution in [0.4, 0.5) is 0 Å². The highest BCUT2D eigenvalue weighted by Crippen LogP contribution is 2.01. The summed E-state index contributed by atoms with van der Waals surface area (Å²) in [5.41, 5.74) is 4.96. The Morgan fingerprint density at radius 1 is 1.69 bits per heavy atom. The van der Waals surface area contributed by atoms with Gasteiger partial charge in [0.2, 0.25) is 5.91 Å². The first-order valence-corrected chi connectivity index (χ1v) is 4.26. The van der Waals surface area contributed by atoms with Gasteiger partial charge in [0, 0.05) is 0 Å². The minimum Gasteiger partial charge on any atom is -0.368 e. The van der Waals surface area contributed by atoms with Crippen molar-refractivity contribution in [2.24, 2.45) is 5.73 Å². The fourth-order valence-corrected chi connectivity index (χ4v) is 1.02. The summed E-state index contributed by atoms with van der Waals surface area (Å²) in [6.07, 6.45) is 1.33. The van der Waals surface area contributed by atoms with E-state index in [9.17, 15) is 9.59 Å². The second-order valence-electron chi connectivity index (χ2n) is 2.38. The molecule has 1 aromatic heterocycles. The molecule has 1 aromatic rings. The van der Waals surface area contributed by atoms with Crippen LogP contribution in [0, 0.1) is 0 Å². The third-order valence-electron chi connectivity index (χ3n) is 1.36. The molecule has 0 fully saturated rings. The molecule has 3 N–H and O–H groups in total. The van der Waals surface area contributed by atoms with Gasteiger partial charge in [-0.05, 0) is 18.5 Å². The maximum Gasteiger partial charge on any atom is 0.265 e. The maximum atomic E-state index is 11.2. The van der Waals surface area contributed by atoms with Crippen molar-refractivity contribution in [2.75, 3.05) is 0 Å². The number of hydrogen-bond acceptors (Lipinski definition) is 5. The molecule has 0 radical (unpaired) electrons. The molecule has 1 atom stereocenters. The van der Waals surface area contributed by atoms with Gasteiger partial charge < -0.3 is 11.1 Å². The molecule has 7 heteroatoms. The SMILES string of the molecule is C[C@@H](NC(=O)c1cnns1)C(N)=O. The molecule has 0 unspecified atom stereocenters. The van der Waals surface area contributed by atoms with Crippen LogP contribution >= 0.6 is 11.5 Å². The monoisotopic (exact) mass is 200 g/mol. The molecule has 6 nitrogen and oxygen atoms in total. The Balaban J connectivity index is 2.56. The Morgan fingerprint density at radius 2 is 2.38 bits per heavy atom. The number of nitrogens with one attached hydrogen (secondary N) is 1. The Hall–Kier alpha value is -1.50.